The van der Waals surface area contributed by atoms with Gasteiger partial charge in [0.15, 0.2) is 5.96 Å². The third-order valence-electron chi connectivity index (χ3n) is 4.11. The highest BCUT2D eigenvalue weighted by Gasteiger charge is 2.24. The maximum Gasteiger partial charge on any atom is 0.228 e. The molecule has 2 aromatic rings. The monoisotopic (exact) mass is 521 g/mol. The number of hydrogen-bond donors (Lipinski definition) is 2. The summed E-state index contributed by atoms with van der Waals surface area (Å²) >= 11 is 6.00. The molecule has 0 saturated heterocycles. The number of nitrogens with one attached hydrogen (secondary N) is 2. The van der Waals surface area contributed by atoms with Crippen molar-refractivity contribution in [1.29, 1.82) is 0 Å². The molecule has 1 aromatic heterocycles. The van der Waals surface area contributed by atoms with Gasteiger partial charge in [-0.05, 0) is 17.5 Å². The fourth-order valence-corrected chi connectivity index (χ4v) is 2.73. The SMILES string of the molecule is CN=C(NCCc1nc(-c2cccc(Cl)c2)no1)NCC(OC)C(C)(C)C.I. The second-order valence-electron chi connectivity index (χ2n) is 7.24. The predicted octanol–water partition coefficient (Wildman–Crippen LogP) is 3.78. The van der Waals surface area contributed by atoms with Crippen LogP contribution in [0, 0.1) is 5.41 Å². The molecule has 156 valence electrons. The Kier molecular flexibility index (Phi) is 10.2. The Balaban J connectivity index is 0.00000392. The first-order chi connectivity index (χ1) is 12.8. The van der Waals surface area contributed by atoms with Crippen molar-refractivity contribution >= 4 is 41.5 Å². The molecule has 7 nitrogen and oxygen atoms in total. The summed E-state index contributed by atoms with van der Waals surface area (Å²) in [5, 5.41) is 11.2. The van der Waals surface area contributed by atoms with Crippen LogP contribution < -0.4 is 10.6 Å². The van der Waals surface area contributed by atoms with Gasteiger partial charge in [0.05, 0.1) is 6.10 Å². The van der Waals surface area contributed by atoms with E-state index in [0.29, 0.717) is 42.2 Å². The molecule has 1 unspecified atom stereocenters. The van der Waals surface area contributed by atoms with E-state index in [4.69, 9.17) is 20.9 Å². The number of rotatable bonds is 7. The molecule has 0 spiro atoms. The van der Waals surface area contributed by atoms with E-state index in [1.54, 1.807) is 14.2 Å². The number of aliphatic imine (C=N–C) groups is 1. The minimum absolute atomic E-state index is 0. The summed E-state index contributed by atoms with van der Waals surface area (Å²) in [7, 11) is 3.46. The molecule has 0 radical (unpaired) electrons. The summed E-state index contributed by atoms with van der Waals surface area (Å²) in [5.74, 6) is 1.79. The third kappa shape index (κ3) is 7.56. The van der Waals surface area contributed by atoms with Gasteiger partial charge in [0, 0.05) is 44.3 Å². The Labute approximate surface area is 188 Å². The van der Waals surface area contributed by atoms with E-state index >= 15 is 0 Å². The van der Waals surface area contributed by atoms with Gasteiger partial charge >= 0.3 is 0 Å². The Hall–Kier alpha value is -1.39. The Bertz CT molecular complexity index is 761. The number of nitrogens with zero attached hydrogens (tertiary/aromatic N) is 3. The Morgan fingerprint density at radius 1 is 1.32 bits per heavy atom. The number of methoxy groups -OCH3 is 1. The Morgan fingerprint density at radius 2 is 2.07 bits per heavy atom. The number of benzene rings is 1. The lowest BCUT2D eigenvalue weighted by Crippen LogP contribution is -2.45. The van der Waals surface area contributed by atoms with Crippen LogP contribution in [-0.4, -0.2) is 49.5 Å². The van der Waals surface area contributed by atoms with E-state index in [-0.39, 0.29) is 35.5 Å². The summed E-state index contributed by atoms with van der Waals surface area (Å²) in [6, 6.07) is 7.37. The predicted molar refractivity (Wildman–Crippen MR) is 123 cm³/mol. The van der Waals surface area contributed by atoms with Gasteiger partial charge in [0.25, 0.3) is 0 Å². The van der Waals surface area contributed by atoms with Crippen molar-refractivity contribution in [3.05, 3.63) is 35.2 Å². The van der Waals surface area contributed by atoms with Gasteiger partial charge in [0.1, 0.15) is 0 Å². The molecule has 0 bridgehead atoms. The summed E-state index contributed by atoms with van der Waals surface area (Å²) in [4.78, 5) is 8.63. The molecular weight excluding hydrogens is 493 g/mol. The summed E-state index contributed by atoms with van der Waals surface area (Å²) < 4.78 is 10.9. The summed E-state index contributed by atoms with van der Waals surface area (Å²) in [6.45, 7) is 7.72. The second kappa shape index (κ2) is 11.6. The molecule has 1 atom stereocenters. The normalized spacial score (nSPS) is 13.0. The van der Waals surface area contributed by atoms with Crippen molar-refractivity contribution in [2.45, 2.75) is 33.3 Å². The molecule has 0 fully saturated rings. The number of hydrogen-bond acceptors (Lipinski definition) is 5. The van der Waals surface area contributed by atoms with E-state index < -0.39 is 0 Å². The topological polar surface area (TPSA) is 84.6 Å². The second-order valence-corrected chi connectivity index (χ2v) is 7.68. The summed E-state index contributed by atoms with van der Waals surface area (Å²) in [6.07, 6.45) is 0.661. The highest BCUT2D eigenvalue weighted by Crippen LogP contribution is 2.21. The van der Waals surface area contributed by atoms with Crippen molar-refractivity contribution in [3.63, 3.8) is 0 Å². The van der Waals surface area contributed by atoms with E-state index in [1.165, 1.54) is 0 Å². The fraction of sp³-hybridized carbons (Fsp3) is 0.526. The molecule has 1 aromatic carbocycles. The van der Waals surface area contributed by atoms with Crippen LogP contribution in [0.4, 0.5) is 0 Å². The average Bonchev–Trinajstić information content (AvgIpc) is 3.08. The van der Waals surface area contributed by atoms with Gasteiger partial charge in [0.2, 0.25) is 11.7 Å². The van der Waals surface area contributed by atoms with Crippen molar-refractivity contribution in [2.75, 3.05) is 27.2 Å². The van der Waals surface area contributed by atoms with Gasteiger partial charge in [-0.25, -0.2) is 0 Å². The third-order valence-corrected chi connectivity index (χ3v) is 4.35. The van der Waals surface area contributed by atoms with Crippen LogP contribution in [0.25, 0.3) is 11.4 Å². The zero-order valence-corrected chi connectivity index (χ0v) is 20.0. The molecule has 0 aliphatic carbocycles. The maximum atomic E-state index is 6.00. The zero-order valence-electron chi connectivity index (χ0n) is 17.0. The van der Waals surface area contributed by atoms with Crippen molar-refractivity contribution in [2.24, 2.45) is 10.4 Å². The minimum Gasteiger partial charge on any atom is -0.379 e. The van der Waals surface area contributed by atoms with E-state index in [0.717, 1.165) is 5.56 Å². The van der Waals surface area contributed by atoms with Gasteiger partial charge in [-0.3, -0.25) is 4.99 Å². The quantitative estimate of drug-likeness (QED) is 0.328. The molecule has 0 saturated carbocycles. The lowest BCUT2D eigenvalue weighted by molar-refractivity contribution is 0.0205. The first-order valence-corrected chi connectivity index (χ1v) is 9.27. The molecule has 2 N–H and O–H groups in total. The standard InChI is InChI=1S/C19H28ClN5O2.HI/c1-19(2,3)15(26-5)12-23-18(21-4)22-10-9-16-24-17(25-27-16)13-7-6-8-14(20)11-13;/h6-8,11,15H,9-10,12H2,1-5H3,(H2,21,22,23);1H. The first-order valence-electron chi connectivity index (χ1n) is 8.89. The van der Waals surface area contributed by atoms with Gasteiger partial charge in [-0.15, -0.1) is 24.0 Å². The molecule has 0 aliphatic heterocycles. The smallest absolute Gasteiger partial charge is 0.228 e. The molecular formula is C19H29ClIN5O2. The fourth-order valence-electron chi connectivity index (χ4n) is 2.54. The average molecular weight is 522 g/mol. The largest absolute Gasteiger partial charge is 0.379 e. The number of aromatic nitrogens is 2. The number of ether oxygens (including phenoxy) is 1. The minimum atomic E-state index is 0. The van der Waals surface area contributed by atoms with Crippen LogP contribution >= 0.6 is 35.6 Å². The molecule has 1 heterocycles. The molecule has 2 rings (SSSR count). The van der Waals surface area contributed by atoms with Crippen LogP contribution in [-0.2, 0) is 11.2 Å². The van der Waals surface area contributed by atoms with Gasteiger partial charge < -0.3 is 19.9 Å². The van der Waals surface area contributed by atoms with E-state index in [1.807, 2.05) is 24.3 Å². The molecule has 0 aliphatic rings. The van der Waals surface area contributed by atoms with Crippen LogP contribution in [0.2, 0.25) is 5.02 Å². The van der Waals surface area contributed by atoms with Crippen LogP contribution in [0.15, 0.2) is 33.8 Å². The van der Waals surface area contributed by atoms with Crippen molar-refractivity contribution in [3.8, 4) is 11.4 Å². The zero-order chi connectivity index (χ0) is 19.9. The molecule has 0 amide bonds. The number of guanidine groups is 1. The van der Waals surface area contributed by atoms with E-state index in [2.05, 4.69) is 46.5 Å². The van der Waals surface area contributed by atoms with Crippen LogP contribution in [0.3, 0.4) is 0 Å². The lowest BCUT2D eigenvalue weighted by Gasteiger charge is -2.30. The highest BCUT2D eigenvalue weighted by atomic mass is 127. The summed E-state index contributed by atoms with van der Waals surface area (Å²) in [5.41, 5.74) is 0.872. The first kappa shape index (κ1) is 24.6. The maximum absolute atomic E-state index is 6.00. The number of halogens is 2. The molecule has 28 heavy (non-hydrogen) atoms. The van der Waals surface area contributed by atoms with Crippen molar-refractivity contribution in [1.82, 2.24) is 20.8 Å². The highest BCUT2D eigenvalue weighted by molar-refractivity contribution is 14.0. The van der Waals surface area contributed by atoms with Gasteiger partial charge in [-0.1, -0.05) is 49.7 Å². The Morgan fingerprint density at radius 3 is 2.68 bits per heavy atom. The van der Waals surface area contributed by atoms with Crippen LogP contribution in [0.1, 0.15) is 26.7 Å². The molecule has 9 heteroatoms. The van der Waals surface area contributed by atoms with Gasteiger partial charge in [-0.2, -0.15) is 4.98 Å². The van der Waals surface area contributed by atoms with Crippen LogP contribution in [0.5, 0.6) is 0 Å². The van der Waals surface area contributed by atoms with Crippen molar-refractivity contribution < 1.29 is 9.26 Å². The van der Waals surface area contributed by atoms with E-state index in [9.17, 15) is 0 Å². The lowest BCUT2D eigenvalue weighted by atomic mass is 9.89.